The summed E-state index contributed by atoms with van der Waals surface area (Å²) >= 11 is 0. The van der Waals surface area contributed by atoms with Gasteiger partial charge in [0.05, 0.1) is 12.0 Å². The number of nitrogens with two attached hydrogens (primary N) is 1. The predicted octanol–water partition coefficient (Wildman–Crippen LogP) is -0.651. The smallest absolute Gasteiger partial charge is 0.162 e. The minimum absolute atomic E-state index is 0.245. The van der Waals surface area contributed by atoms with Crippen molar-refractivity contribution in [2.75, 3.05) is 12.3 Å². The molecule has 0 unspecified atom stereocenters. The summed E-state index contributed by atoms with van der Waals surface area (Å²) in [6.07, 6.45) is -0.439. The van der Waals surface area contributed by atoms with E-state index in [0.717, 1.165) is 0 Å². The lowest BCUT2D eigenvalue weighted by Gasteiger charge is -2.25. The number of nitrogen functional groups attached to an aromatic ring is 1. The number of hydrogen-bond acceptors (Lipinski definition) is 8. The van der Waals surface area contributed by atoms with Crippen LogP contribution in [0.25, 0.3) is 10.9 Å². The Kier molecular flexibility index (Phi) is 2.91. The fraction of sp³-hybridized carbons (Fsp3) is 0.500. The average molecular weight is 281 g/mol. The van der Waals surface area contributed by atoms with Crippen LogP contribution in [0.4, 0.5) is 5.82 Å². The highest BCUT2D eigenvalue weighted by atomic mass is 16.6. The van der Waals surface area contributed by atoms with E-state index in [1.54, 1.807) is 0 Å². The maximum Gasteiger partial charge on any atom is 0.162 e. The van der Waals surface area contributed by atoms with E-state index in [4.69, 9.17) is 20.0 Å². The van der Waals surface area contributed by atoms with E-state index in [-0.39, 0.29) is 11.6 Å². The Hall–Kier alpha value is -1.74. The van der Waals surface area contributed by atoms with E-state index in [1.807, 2.05) is 0 Å². The van der Waals surface area contributed by atoms with Gasteiger partial charge in [-0.25, -0.2) is 9.97 Å². The van der Waals surface area contributed by atoms with Gasteiger partial charge in [0, 0.05) is 0 Å². The summed E-state index contributed by atoms with van der Waals surface area (Å²) in [5.74, 6) is 0.496. The SMILES string of the molecule is C[C@@]1(O)[C@H](O)[C@@H](CO)O[C@H]1c1occ2c(N)ncnc12. The maximum absolute atomic E-state index is 10.4. The van der Waals surface area contributed by atoms with E-state index < -0.39 is 30.5 Å². The van der Waals surface area contributed by atoms with Gasteiger partial charge in [-0.3, -0.25) is 0 Å². The van der Waals surface area contributed by atoms with Gasteiger partial charge in [-0.1, -0.05) is 0 Å². The zero-order chi connectivity index (χ0) is 14.5. The van der Waals surface area contributed by atoms with Crippen molar-refractivity contribution in [2.24, 2.45) is 0 Å². The van der Waals surface area contributed by atoms with Crippen LogP contribution in [0.5, 0.6) is 0 Å². The second-order valence-corrected chi connectivity index (χ2v) is 5.03. The van der Waals surface area contributed by atoms with Crippen molar-refractivity contribution in [3.8, 4) is 0 Å². The first-order valence-corrected chi connectivity index (χ1v) is 6.11. The molecule has 3 heterocycles. The van der Waals surface area contributed by atoms with Crippen LogP contribution in [-0.2, 0) is 4.74 Å². The number of ether oxygens (including phenoxy) is 1. The topological polar surface area (TPSA) is 135 Å². The molecule has 1 aliphatic rings. The molecule has 8 nitrogen and oxygen atoms in total. The molecular weight excluding hydrogens is 266 g/mol. The Morgan fingerprint density at radius 1 is 1.45 bits per heavy atom. The molecule has 2 aromatic heterocycles. The Bertz CT molecular complexity index is 641. The first-order chi connectivity index (χ1) is 9.46. The number of anilines is 1. The van der Waals surface area contributed by atoms with Gasteiger partial charge in [-0.05, 0) is 6.92 Å². The lowest BCUT2D eigenvalue weighted by molar-refractivity contribution is -0.0708. The minimum atomic E-state index is -1.61. The van der Waals surface area contributed by atoms with Crippen LogP contribution in [0.1, 0.15) is 18.8 Å². The predicted molar refractivity (Wildman–Crippen MR) is 67.5 cm³/mol. The van der Waals surface area contributed by atoms with Crippen LogP contribution in [0.2, 0.25) is 0 Å². The van der Waals surface area contributed by atoms with Crippen molar-refractivity contribution in [2.45, 2.75) is 30.8 Å². The molecule has 1 saturated heterocycles. The van der Waals surface area contributed by atoms with E-state index >= 15 is 0 Å². The van der Waals surface area contributed by atoms with Crippen LogP contribution in [0.3, 0.4) is 0 Å². The lowest BCUT2D eigenvalue weighted by atomic mass is 9.91. The van der Waals surface area contributed by atoms with E-state index in [1.165, 1.54) is 19.5 Å². The fourth-order valence-electron chi connectivity index (χ4n) is 2.47. The Morgan fingerprint density at radius 2 is 2.20 bits per heavy atom. The quantitative estimate of drug-likeness (QED) is 0.570. The molecule has 0 aliphatic carbocycles. The first-order valence-electron chi connectivity index (χ1n) is 6.11. The van der Waals surface area contributed by atoms with Crippen LogP contribution in [0.15, 0.2) is 17.0 Å². The second kappa shape index (κ2) is 4.38. The number of rotatable bonds is 2. The summed E-state index contributed by atoms with van der Waals surface area (Å²) in [5.41, 5.74) is 4.51. The minimum Gasteiger partial charge on any atom is -0.463 e. The summed E-state index contributed by atoms with van der Waals surface area (Å²) in [4.78, 5) is 7.91. The van der Waals surface area contributed by atoms with Crippen molar-refractivity contribution in [1.29, 1.82) is 0 Å². The van der Waals surface area contributed by atoms with Gasteiger partial charge in [0.1, 0.15) is 47.8 Å². The van der Waals surface area contributed by atoms with Crippen LogP contribution in [0, 0.1) is 0 Å². The highest BCUT2D eigenvalue weighted by Crippen LogP contribution is 2.44. The first kappa shape index (κ1) is 13.3. The zero-order valence-corrected chi connectivity index (χ0v) is 10.7. The number of aromatic nitrogens is 2. The lowest BCUT2D eigenvalue weighted by Crippen LogP contribution is -2.42. The molecule has 0 saturated carbocycles. The fourth-order valence-corrected chi connectivity index (χ4v) is 2.47. The highest BCUT2D eigenvalue weighted by molar-refractivity contribution is 5.88. The third-order valence-electron chi connectivity index (χ3n) is 3.66. The van der Waals surface area contributed by atoms with Gasteiger partial charge in [0.25, 0.3) is 0 Å². The van der Waals surface area contributed by atoms with Crippen LogP contribution < -0.4 is 5.73 Å². The molecule has 2 aromatic rings. The zero-order valence-electron chi connectivity index (χ0n) is 10.7. The third kappa shape index (κ3) is 1.70. The molecule has 108 valence electrons. The second-order valence-electron chi connectivity index (χ2n) is 5.03. The molecule has 0 spiro atoms. The maximum atomic E-state index is 10.4. The van der Waals surface area contributed by atoms with Crippen LogP contribution >= 0.6 is 0 Å². The largest absolute Gasteiger partial charge is 0.463 e. The summed E-state index contributed by atoms with van der Waals surface area (Å²) in [7, 11) is 0. The van der Waals surface area contributed by atoms with E-state index in [2.05, 4.69) is 9.97 Å². The Labute approximate surface area is 113 Å². The van der Waals surface area contributed by atoms with Crippen molar-refractivity contribution >= 4 is 16.7 Å². The standard InChI is InChI=1S/C12H15N3O5/c1-12(18)9(17)6(2-16)20-10(12)8-7-5(3-19-8)11(13)15-4-14-7/h3-4,6,9-10,16-18H,2H2,1H3,(H2,13,14,15)/t6-,9-,10+,12-/m1/s1. The summed E-state index contributed by atoms with van der Waals surface area (Å²) < 4.78 is 10.9. The molecule has 0 radical (unpaired) electrons. The molecule has 1 fully saturated rings. The Balaban J connectivity index is 2.10. The van der Waals surface area contributed by atoms with Crippen molar-refractivity contribution in [3.05, 3.63) is 18.4 Å². The average Bonchev–Trinajstić information content (AvgIpc) is 2.92. The molecular formula is C12H15N3O5. The molecule has 8 heteroatoms. The molecule has 5 N–H and O–H groups in total. The monoisotopic (exact) mass is 281 g/mol. The van der Waals surface area contributed by atoms with Gasteiger partial charge in [-0.2, -0.15) is 0 Å². The van der Waals surface area contributed by atoms with Gasteiger partial charge in [0.15, 0.2) is 5.76 Å². The van der Waals surface area contributed by atoms with Gasteiger partial charge >= 0.3 is 0 Å². The Morgan fingerprint density at radius 3 is 2.85 bits per heavy atom. The number of fused-ring (bicyclic) bond motifs is 1. The number of furan rings is 1. The van der Waals surface area contributed by atoms with Crippen molar-refractivity contribution in [1.82, 2.24) is 9.97 Å². The van der Waals surface area contributed by atoms with Crippen molar-refractivity contribution < 1.29 is 24.5 Å². The van der Waals surface area contributed by atoms with Gasteiger partial charge in [0.2, 0.25) is 0 Å². The molecule has 3 rings (SSSR count). The van der Waals surface area contributed by atoms with Crippen molar-refractivity contribution in [3.63, 3.8) is 0 Å². The number of nitrogens with zero attached hydrogens (tertiary/aromatic N) is 2. The summed E-state index contributed by atoms with van der Waals surface area (Å²) in [6, 6.07) is 0. The van der Waals surface area contributed by atoms with E-state index in [9.17, 15) is 10.2 Å². The number of aliphatic hydroxyl groups is 3. The summed E-state index contributed by atoms with van der Waals surface area (Å²) in [6.45, 7) is 1.00. The number of aliphatic hydroxyl groups excluding tert-OH is 2. The van der Waals surface area contributed by atoms with Gasteiger partial charge < -0.3 is 30.2 Å². The number of hydrogen-bond donors (Lipinski definition) is 4. The molecule has 1 aliphatic heterocycles. The molecule has 0 amide bonds. The molecule has 0 aromatic carbocycles. The molecule has 4 atom stereocenters. The van der Waals surface area contributed by atoms with Crippen LogP contribution in [-0.4, -0.2) is 49.7 Å². The van der Waals surface area contributed by atoms with E-state index in [0.29, 0.717) is 10.9 Å². The normalized spacial score (nSPS) is 33.9. The highest BCUT2D eigenvalue weighted by Gasteiger charge is 2.54. The molecule has 0 bridgehead atoms. The van der Waals surface area contributed by atoms with Gasteiger partial charge in [-0.15, -0.1) is 0 Å². The third-order valence-corrected chi connectivity index (χ3v) is 3.66. The summed E-state index contributed by atoms with van der Waals surface area (Å²) in [5, 5.41) is 30.1. The molecule has 20 heavy (non-hydrogen) atoms.